The molecular weight excluding hydrogens is 361 g/mol. The molecule has 9 heteroatoms. The van der Waals surface area contributed by atoms with Crippen LogP contribution in [0.15, 0.2) is 67.0 Å². The van der Waals surface area contributed by atoms with Gasteiger partial charge in [0.25, 0.3) is 0 Å². The number of urea groups is 1. The number of nitrogens with one attached hydrogen (secondary N) is 2. The molecule has 2 amide bonds. The first-order valence-electron chi connectivity index (χ1n) is 7.70. The fourth-order valence-electron chi connectivity index (χ4n) is 2.07. The lowest BCUT2D eigenvalue weighted by Gasteiger charge is -2.09. The van der Waals surface area contributed by atoms with Crippen molar-refractivity contribution >= 4 is 17.7 Å². The highest BCUT2D eigenvalue weighted by molar-refractivity contribution is 5.98. The quantitative estimate of drug-likeness (QED) is 0.679. The number of alkyl halides is 3. The highest BCUT2D eigenvalue weighted by Crippen LogP contribution is 2.31. The van der Waals surface area contributed by atoms with E-state index in [2.05, 4.69) is 20.6 Å². The molecule has 2 N–H and O–H groups in total. The Morgan fingerprint density at radius 1 is 0.852 bits per heavy atom. The summed E-state index contributed by atoms with van der Waals surface area (Å²) < 4.78 is 43.0. The number of carbonyl (C=O) groups is 1. The first-order chi connectivity index (χ1) is 12.9. The highest BCUT2D eigenvalue weighted by Gasteiger charge is 2.30. The Balaban J connectivity index is 1.58. The third-order valence-corrected chi connectivity index (χ3v) is 3.30. The topological polar surface area (TPSA) is 76.1 Å². The van der Waals surface area contributed by atoms with Crippen LogP contribution in [0.4, 0.5) is 29.6 Å². The molecule has 0 unspecified atom stereocenters. The first kappa shape index (κ1) is 18.2. The molecule has 0 saturated heterocycles. The number of aromatic nitrogens is 2. The lowest BCUT2D eigenvalue weighted by molar-refractivity contribution is -0.137. The van der Waals surface area contributed by atoms with Gasteiger partial charge in [-0.15, -0.1) is 0 Å². The molecule has 0 spiro atoms. The number of amides is 2. The average Bonchev–Trinajstić information content (AvgIpc) is 2.64. The molecule has 27 heavy (non-hydrogen) atoms. The van der Waals surface area contributed by atoms with Gasteiger partial charge in [-0.05, 0) is 36.4 Å². The summed E-state index contributed by atoms with van der Waals surface area (Å²) in [5.41, 5.74) is -0.160. The molecule has 6 nitrogen and oxygen atoms in total. The number of para-hydroxylation sites is 1. The van der Waals surface area contributed by atoms with Crippen molar-refractivity contribution in [1.29, 1.82) is 0 Å². The van der Waals surface area contributed by atoms with Gasteiger partial charge in [-0.3, -0.25) is 5.32 Å². The second-order valence-electron chi connectivity index (χ2n) is 5.31. The zero-order valence-electron chi connectivity index (χ0n) is 13.7. The predicted molar refractivity (Wildman–Crippen MR) is 92.6 cm³/mol. The summed E-state index contributed by atoms with van der Waals surface area (Å²) in [5, 5.41) is 5.06. The van der Waals surface area contributed by atoms with Gasteiger partial charge in [0.1, 0.15) is 5.75 Å². The Morgan fingerprint density at radius 3 is 2.07 bits per heavy atom. The number of nitrogens with zero attached hydrogens (tertiary/aromatic N) is 2. The molecule has 0 saturated carbocycles. The molecule has 0 aliphatic carbocycles. The lowest BCUT2D eigenvalue weighted by atomic mass is 10.2. The van der Waals surface area contributed by atoms with Crippen LogP contribution in [0.3, 0.4) is 0 Å². The second kappa shape index (κ2) is 7.73. The van der Waals surface area contributed by atoms with Gasteiger partial charge in [0.15, 0.2) is 5.75 Å². The number of benzene rings is 2. The number of ether oxygens (including phenoxy) is 1. The Bertz CT molecular complexity index is 899. The summed E-state index contributed by atoms with van der Waals surface area (Å²) in [6.45, 7) is 0. The van der Waals surface area contributed by atoms with Gasteiger partial charge in [-0.25, -0.2) is 14.8 Å². The monoisotopic (exact) mass is 374 g/mol. The van der Waals surface area contributed by atoms with Crippen molar-refractivity contribution < 1.29 is 22.7 Å². The summed E-state index contributed by atoms with van der Waals surface area (Å²) in [6, 6.07) is 12.5. The van der Waals surface area contributed by atoms with Gasteiger partial charge < -0.3 is 10.1 Å². The minimum Gasteiger partial charge on any atom is -0.454 e. The van der Waals surface area contributed by atoms with Gasteiger partial charge in [-0.2, -0.15) is 13.2 Å². The molecule has 1 heterocycles. The van der Waals surface area contributed by atoms with E-state index in [4.69, 9.17) is 4.74 Å². The molecule has 0 aliphatic rings. The standard InChI is InChI=1S/C18H13F3N4O2/c19-18(20,21)12-6-8-14(9-7-12)27-15-10-22-16(23-11-15)25-17(26)24-13-4-2-1-3-5-13/h1-11H,(H2,22,23,24,25,26). The van der Waals surface area contributed by atoms with Crippen LogP contribution >= 0.6 is 0 Å². The maximum Gasteiger partial charge on any atom is 0.416 e. The van der Waals surface area contributed by atoms with Crippen LogP contribution in [0.2, 0.25) is 0 Å². The van der Waals surface area contributed by atoms with E-state index in [1.54, 1.807) is 24.3 Å². The first-order valence-corrected chi connectivity index (χ1v) is 7.70. The van der Waals surface area contributed by atoms with Crippen LogP contribution in [-0.4, -0.2) is 16.0 Å². The van der Waals surface area contributed by atoms with Crippen molar-refractivity contribution in [3.8, 4) is 11.5 Å². The van der Waals surface area contributed by atoms with Crippen molar-refractivity contribution in [2.45, 2.75) is 6.18 Å². The van der Waals surface area contributed by atoms with Crippen LogP contribution in [0.25, 0.3) is 0 Å². The fourth-order valence-corrected chi connectivity index (χ4v) is 2.07. The molecular formula is C18H13F3N4O2. The normalized spacial score (nSPS) is 10.9. The summed E-state index contributed by atoms with van der Waals surface area (Å²) in [6.07, 6.45) is -1.82. The molecule has 0 fully saturated rings. The third kappa shape index (κ3) is 5.18. The van der Waals surface area contributed by atoms with Gasteiger partial charge in [0, 0.05) is 5.69 Å². The van der Waals surface area contributed by atoms with Crippen molar-refractivity contribution in [2.75, 3.05) is 10.6 Å². The van der Waals surface area contributed by atoms with Crippen molar-refractivity contribution in [3.05, 3.63) is 72.6 Å². The SMILES string of the molecule is O=C(Nc1ccccc1)Nc1ncc(Oc2ccc(C(F)(F)F)cc2)cn1. The van der Waals surface area contributed by atoms with Crippen LogP contribution in [0.1, 0.15) is 5.56 Å². The second-order valence-corrected chi connectivity index (χ2v) is 5.31. The molecule has 0 bridgehead atoms. The predicted octanol–water partition coefficient (Wildman–Crippen LogP) is 4.93. The molecule has 3 rings (SSSR count). The number of carbonyl (C=O) groups excluding carboxylic acids is 1. The Hall–Kier alpha value is -3.62. The van der Waals surface area contributed by atoms with Crippen LogP contribution in [0.5, 0.6) is 11.5 Å². The summed E-state index contributed by atoms with van der Waals surface area (Å²) in [5.74, 6) is 0.459. The van der Waals surface area contributed by atoms with E-state index in [0.29, 0.717) is 5.69 Å². The largest absolute Gasteiger partial charge is 0.454 e. The van der Waals surface area contributed by atoms with Crippen LogP contribution in [-0.2, 0) is 6.18 Å². The van der Waals surface area contributed by atoms with E-state index in [0.717, 1.165) is 12.1 Å². The fraction of sp³-hybridized carbons (Fsp3) is 0.0556. The summed E-state index contributed by atoms with van der Waals surface area (Å²) in [7, 11) is 0. The Labute approximate surface area is 152 Å². The maximum atomic E-state index is 12.5. The third-order valence-electron chi connectivity index (χ3n) is 3.30. The number of hydrogen-bond acceptors (Lipinski definition) is 4. The summed E-state index contributed by atoms with van der Waals surface area (Å²) in [4.78, 5) is 19.7. The van der Waals surface area contributed by atoms with Gasteiger partial charge in [0.2, 0.25) is 5.95 Å². The molecule has 0 radical (unpaired) electrons. The molecule has 138 valence electrons. The number of rotatable bonds is 4. The summed E-state index contributed by atoms with van der Waals surface area (Å²) >= 11 is 0. The van der Waals surface area contributed by atoms with Gasteiger partial charge in [0.05, 0.1) is 18.0 Å². The van der Waals surface area contributed by atoms with E-state index in [1.165, 1.54) is 24.5 Å². The van der Waals surface area contributed by atoms with Crippen molar-refractivity contribution in [2.24, 2.45) is 0 Å². The van der Waals surface area contributed by atoms with E-state index in [1.807, 2.05) is 6.07 Å². The molecule has 3 aromatic rings. The van der Waals surface area contributed by atoms with Crippen molar-refractivity contribution in [3.63, 3.8) is 0 Å². The number of anilines is 2. The molecule has 2 aromatic carbocycles. The van der Waals surface area contributed by atoms with E-state index in [-0.39, 0.29) is 17.4 Å². The smallest absolute Gasteiger partial charge is 0.416 e. The van der Waals surface area contributed by atoms with Crippen LogP contribution in [0, 0.1) is 0 Å². The maximum absolute atomic E-state index is 12.5. The van der Waals surface area contributed by atoms with Gasteiger partial charge >= 0.3 is 12.2 Å². The average molecular weight is 374 g/mol. The lowest BCUT2D eigenvalue weighted by Crippen LogP contribution is -2.20. The molecule has 0 atom stereocenters. The zero-order chi connectivity index (χ0) is 19.3. The van der Waals surface area contributed by atoms with E-state index < -0.39 is 17.8 Å². The Morgan fingerprint density at radius 2 is 1.48 bits per heavy atom. The number of halogens is 3. The zero-order valence-corrected chi connectivity index (χ0v) is 13.7. The van der Waals surface area contributed by atoms with Gasteiger partial charge in [-0.1, -0.05) is 18.2 Å². The van der Waals surface area contributed by atoms with Crippen molar-refractivity contribution in [1.82, 2.24) is 9.97 Å². The number of hydrogen-bond donors (Lipinski definition) is 2. The minimum atomic E-state index is -4.41. The van der Waals surface area contributed by atoms with E-state index in [9.17, 15) is 18.0 Å². The molecule has 0 aliphatic heterocycles. The Kier molecular flexibility index (Phi) is 5.20. The minimum absolute atomic E-state index is 0.0446. The van der Waals surface area contributed by atoms with Crippen LogP contribution < -0.4 is 15.4 Å². The highest BCUT2D eigenvalue weighted by atomic mass is 19.4. The van der Waals surface area contributed by atoms with E-state index >= 15 is 0 Å². The molecule has 1 aromatic heterocycles.